The largest absolute Gasteiger partial charge is 0.338 e. The fraction of sp³-hybridized carbons (Fsp3) is 0.333. The maximum atomic E-state index is 12.5. The molecule has 1 aromatic heterocycles. The minimum absolute atomic E-state index is 0.131. The smallest absolute Gasteiger partial charge is 0.240 e. The van der Waals surface area contributed by atoms with Crippen molar-refractivity contribution in [1.29, 1.82) is 0 Å². The van der Waals surface area contributed by atoms with E-state index in [0.29, 0.717) is 6.54 Å². The van der Waals surface area contributed by atoms with Crippen molar-refractivity contribution < 1.29 is 4.79 Å². The van der Waals surface area contributed by atoms with Gasteiger partial charge in [0.05, 0.1) is 23.8 Å². The highest BCUT2D eigenvalue weighted by Gasteiger charge is 2.26. The van der Waals surface area contributed by atoms with Crippen LogP contribution >= 0.6 is 11.3 Å². The molecule has 0 radical (unpaired) electrons. The lowest BCUT2D eigenvalue weighted by Gasteiger charge is -2.28. The number of hydrogen-bond donors (Lipinski definition) is 1. The van der Waals surface area contributed by atoms with Crippen molar-refractivity contribution in [2.24, 2.45) is 0 Å². The highest BCUT2D eigenvalue weighted by atomic mass is 32.1. The molecule has 2 heterocycles. The molecule has 0 saturated carbocycles. The Labute approximate surface area is 122 Å². The number of nitrogens with one attached hydrogen (secondary N) is 1. The fourth-order valence-electron chi connectivity index (χ4n) is 2.53. The summed E-state index contributed by atoms with van der Waals surface area (Å²) in [4.78, 5) is 18.4. The molecule has 0 spiro atoms. The number of likely N-dealkylation sites (N-methyl/N-ethyl adjacent to an activating group) is 1. The molecule has 0 fully saturated rings. The van der Waals surface area contributed by atoms with Crippen molar-refractivity contribution in [3.05, 3.63) is 52.0 Å². The van der Waals surface area contributed by atoms with Crippen molar-refractivity contribution in [2.45, 2.75) is 25.6 Å². The van der Waals surface area contributed by atoms with Gasteiger partial charge in [-0.3, -0.25) is 4.79 Å². The predicted octanol–water partition coefficient (Wildman–Crippen LogP) is 1.82. The molecule has 1 aromatic carbocycles. The summed E-state index contributed by atoms with van der Waals surface area (Å²) in [6, 6.07) is 8.16. The van der Waals surface area contributed by atoms with Gasteiger partial charge in [-0.25, -0.2) is 4.98 Å². The van der Waals surface area contributed by atoms with Gasteiger partial charge in [0, 0.05) is 19.0 Å². The molecule has 0 saturated heterocycles. The van der Waals surface area contributed by atoms with Gasteiger partial charge in [0.2, 0.25) is 5.91 Å². The molecule has 1 aliphatic heterocycles. The first kappa shape index (κ1) is 13.3. The van der Waals surface area contributed by atoms with Crippen LogP contribution in [0.15, 0.2) is 35.2 Å². The van der Waals surface area contributed by atoms with E-state index in [2.05, 4.69) is 22.4 Å². The van der Waals surface area contributed by atoms with Gasteiger partial charge in [0.15, 0.2) is 0 Å². The van der Waals surface area contributed by atoms with Gasteiger partial charge < -0.3 is 10.2 Å². The molecule has 1 atom stereocenters. The molecule has 4 nitrogen and oxygen atoms in total. The molecule has 20 heavy (non-hydrogen) atoms. The van der Waals surface area contributed by atoms with Crippen LogP contribution in [0.3, 0.4) is 0 Å². The molecule has 0 aliphatic carbocycles. The molecule has 1 amide bonds. The summed E-state index contributed by atoms with van der Waals surface area (Å²) in [6.07, 6.45) is 0.760. The number of nitrogens with zero attached hydrogens (tertiary/aromatic N) is 2. The fourth-order valence-corrected chi connectivity index (χ4v) is 3.08. The predicted molar refractivity (Wildman–Crippen MR) is 79.4 cm³/mol. The third-order valence-corrected chi connectivity index (χ3v) is 4.27. The summed E-state index contributed by atoms with van der Waals surface area (Å²) in [6.45, 7) is 1.33. The van der Waals surface area contributed by atoms with E-state index >= 15 is 0 Å². The zero-order valence-electron chi connectivity index (χ0n) is 11.4. The number of carbonyl (C=O) groups is 1. The normalized spacial score (nSPS) is 17.6. The second-order valence-electron chi connectivity index (χ2n) is 5.08. The molecule has 0 bridgehead atoms. The standard InChI is InChI=1S/C15H17N3OS/c1-18(8-13-9-20-10-17-13)15(19)14-6-11-4-2-3-5-12(11)7-16-14/h2-5,9-10,14,16H,6-8H2,1H3. The van der Waals surface area contributed by atoms with Gasteiger partial charge in [0.25, 0.3) is 0 Å². The van der Waals surface area contributed by atoms with Gasteiger partial charge in [-0.1, -0.05) is 24.3 Å². The maximum absolute atomic E-state index is 12.5. The zero-order chi connectivity index (χ0) is 13.9. The average Bonchev–Trinajstić information content (AvgIpc) is 2.99. The van der Waals surface area contributed by atoms with E-state index in [9.17, 15) is 4.79 Å². The van der Waals surface area contributed by atoms with Crippen LogP contribution in [-0.2, 0) is 24.3 Å². The van der Waals surface area contributed by atoms with Crippen LogP contribution in [0.4, 0.5) is 0 Å². The number of amides is 1. The SMILES string of the molecule is CN(Cc1cscn1)C(=O)C1Cc2ccccc2CN1. The average molecular weight is 287 g/mol. The Kier molecular flexibility index (Phi) is 3.80. The van der Waals surface area contributed by atoms with Crippen LogP contribution in [0.2, 0.25) is 0 Å². The summed E-state index contributed by atoms with van der Waals surface area (Å²) in [7, 11) is 1.84. The van der Waals surface area contributed by atoms with Crippen LogP contribution in [-0.4, -0.2) is 28.9 Å². The molecular formula is C15H17N3OS. The summed E-state index contributed by atoms with van der Waals surface area (Å²) in [5.41, 5.74) is 5.30. The van der Waals surface area contributed by atoms with Gasteiger partial charge >= 0.3 is 0 Å². The Bertz CT molecular complexity index is 597. The van der Waals surface area contributed by atoms with Crippen LogP contribution in [0.5, 0.6) is 0 Å². The summed E-state index contributed by atoms with van der Waals surface area (Å²) >= 11 is 1.55. The van der Waals surface area contributed by atoms with E-state index in [4.69, 9.17) is 0 Å². The van der Waals surface area contributed by atoms with Crippen molar-refractivity contribution in [3.63, 3.8) is 0 Å². The monoisotopic (exact) mass is 287 g/mol. The van der Waals surface area contributed by atoms with Crippen molar-refractivity contribution in [3.8, 4) is 0 Å². The van der Waals surface area contributed by atoms with Crippen molar-refractivity contribution in [2.75, 3.05) is 7.05 Å². The third kappa shape index (κ3) is 2.73. The van der Waals surface area contributed by atoms with E-state index in [1.165, 1.54) is 11.1 Å². The van der Waals surface area contributed by atoms with Gasteiger partial charge in [-0.05, 0) is 17.5 Å². The topological polar surface area (TPSA) is 45.2 Å². The molecular weight excluding hydrogens is 270 g/mol. The first-order valence-electron chi connectivity index (χ1n) is 6.66. The Balaban J connectivity index is 1.66. The van der Waals surface area contributed by atoms with E-state index in [0.717, 1.165) is 18.7 Å². The number of hydrogen-bond acceptors (Lipinski definition) is 4. The van der Waals surface area contributed by atoms with E-state index in [-0.39, 0.29) is 11.9 Å². The first-order chi connectivity index (χ1) is 9.74. The Morgan fingerprint density at radius 1 is 1.45 bits per heavy atom. The van der Waals surface area contributed by atoms with Crippen molar-refractivity contribution >= 4 is 17.2 Å². The number of benzene rings is 1. The van der Waals surface area contributed by atoms with E-state index in [1.807, 2.05) is 24.6 Å². The maximum Gasteiger partial charge on any atom is 0.240 e. The summed E-state index contributed by atoms with van der Waals surface area (Å²) < 4.78 is 0. The second-order valence-corrected chi connectivity index (χ2v) is 5.80. The van der Waals surface area contributed by atoms with E-state index in [1.54, 1.807) is 21.7 Å². The number of aromatic nitrogens is 1. The number of fused-ring (bicyclic) bond motifs is 1. The Morgan fingerprint density at radius 3 is 3.00 bits per heavy atom. The van der Waals surface area contributed by atoms with Gasteiger partial charge in [-0.15, -0.1) is 11.3 Å². The second kappa shape index (κ2) is 5.73. The quantitative estimate of drug-likeness (QED) is 0.936. The minimum Gasteiger partial charge on any atom is -0.338 e. The van der Waals surface area contributed by atoms with Crippen LogP contribution in [0, 0.1) is 0 Å². The van der Waals surface area contributed by atoms with Crippen LogP contribution in [0.1, 0.15) is 16.8 Å². The first-order valence-corrected chi connectivity index (χ1v) is 7.60. The molecule has 1 unspecified atom stereocenters. The summed E-state index contributed by atoms with van der Waals surface area (Å²) in [5, 5.41) is 5.31. The van der Waals surface area contributed by atoms with Crippen LogP contribution < -0.4 is 5.32 Å². The van der Waals surface area contributed by atoms with Gasteiger partial charge in [-0.2, -0.15) is 0 Å². The van der Waals surface area contributed by atoms with Crippen LogP contribution in [0.25, 0.3) is 0 Å². The zero-order valence-corrected chi connectivity index (χ0v) is 12.2. The highest BCUT2D eigenvalue weighted by molar-refractivity contribution is 7.07. The lowest BCUT2D eigenvalue weighted by molar-refractivity contribution is -0.132. The number of thiazole rings is 1. The molecule has 5 heteroatoms. The van der Waals surface area contributed by atoms with E-state index < -0.39 is 0 Å². The third-order valence-electron chi connectivity index (χ3n) is 3.64. The van der Waals surface area contributed by atoms with Gasteiger partial charge in [0.1, 0.15) is 0 Å². The number of carbonyl (C=O) groups excluding carboxylic acids is 1. The Hall–Kier alpha value is -1.72. The molecule has 1 aliphatic rings. The summed E-state index contributed by atoms with van der Waals surface area (Å²) in [5.74, 6) is 0.132. The Morgan fingerprint density at radius 2 is 2.25 bits per heavy atom. The molecule has 3 rings (SSSR count). The lowest BCUT2D eigenvalue weighted by atomic mass is 9.95. The van der Waals surface area contributed by atoms with Crippen molar-refractivity contribution in [1.82, 2.24) is 15.2 Å². The molecule has 104 valence electrons. The number of rotatable bonds is 3. The highest BCUT2D eigenvalue weighted by Crippen LogP contribution is 2.17. The molecule has 2 aromatic rings. The lowest BCUT2D eigenvalue weighted by Crippen LogP contribution is -2.48. The molecule has 1 N–H and O–H groups in total. The minimum atomic E-state index is -0.131.